The van der Waals surface area contributed by atoms with Gasteiger partial charge in [-0.1, -0.05) is 23.7 Å². The zero-order chi connectivity index (χ0) is 19.1. The van der Waals surface area contributed by atoms with Crippen LogP contribution in [0.25, 0.3) is 10.9 Å². The van der Waals surface area contributed by atoms with Gasteiger partial charge in [-0.15, -0.1) is 0 Å². The van der Waals surface area contributed by atoms with E-state index in [4.69, 9.17) is 11.6 Å². The molecule has 0 saturated heterocycles. The molecule has 0 atom stereocenters. The first-order valence-electron chi connectivity index (χ1n) is 7.99. The van der Waals surface area contributed by atoms with Crippen LogP contribution in [-0.4, -0.2) is 27.8 Å². The van der Waals surface area contributed by atoms with Crippen LogP contribution in [0.4, 0.5) is 11.5 Å². The van der Waals surface area contributed by atoms with Gasteiger partial charge in [-0.2, -0.15) is 0 Å². The summed E-state index contributed by atoms with van der Waals surface area (Å²) in [7, 11) is 0. The van der Waals surface area contributed by atoms with Crippen molar-refractivity contribution >= 4 is 51.7 Å². The number of carboxylic acid groups (broad SMARTS) is 1. The molecule has 8 heteroatoms. The quantitative estimate of drug-likeness (QED) is 0.598. The molecule has 1 aliphatic heterocycles. The largest absolute Gasteiger partial charge is 0.478 e. The molecule has 27 heavy (non-hydrogen) atoms. The highest BCUT2D eigenvalue weighted by Crippen LogP contribution is 2.36. The molecule has 1 aliphatic rings. The first-order valence-corrected chi connectivity index (χ1v) is 8.37. The van der Waals surface area contributed by atoms with E-state index in [1.165, 1.54) is 18.2 Å². The molecule has 1 amide bonds. The third-order valence-corrected chi connectivity index (χ3v) is 4.49. The lowest BCUT2D eigenvalue weighted by atomic mass is 10.1. The van der Waals surface area contributed by atoms with Gasteiger partial charge in [-0.3, -0.25) is 9.59 Å². The number of rotatable bonds is 4. The Labute approximate surface area is 158 Å². The summed E-state index contributed by atoms with van der Waals surface area (Å²) in [5, 5.41) is 15.9. The minimum atomic E-state index is -1.09. The second-order valence-corrected chi connectivity index (χ2v) is 6.45. The van der Waals surface area contributed by atoms with Crippen LogP contribution in [0.3, 0.4) is 0 Å². The molecule has 0 aliphatic carbocycles. The number of ketones is 1. The molecule has 4 rings (SSSR count). The first-order chi connectivity index (χ1) is 12.9. The molecule has 0 unspecified atom stereocenters. The SMILES string of the molecule is O=C1Nc2c(c(NCc3cccc(Cl)c3)nc3cc(C(=O)O)ccc23)C1=O. The number of nitrogens with zero attached hydrogens (tertiary/aromatic N) is 1. The molecule has 1 aromatic heterocycles. The highest BCUT2D eigenvalue weighted by Gasteiger charge is 2.33. The van der Waals surface area contributed by atoms with E-state index >= 15 is 0 Å². The Bertz CT molecular complexity index is 1140. The van der Waals surface area contributed by atoms with Gasteiger partial charge in [0.1, 0.15) is 5.82 Å². The number of nitrogens with one attached hydrogen (secondary N) is 2. The number of pyridine rings is 1. The van der Waals surface area contributed by atoms with E-state index in [9.17, 15) is 19.5 Å². The number of carbonyl (C=O) groups excluding carboxylic acids is 2. The summed E-state index contributed by atoms with van der Waals surface area (Å²) >= 11 is 5.98. The van der Waals surface area contributed by atoms with Crippen LogP contribution in [-0.2, 0) is 11.3 Å². The summed E-state index contributed by atoms with van der Waals surface area (Å²) in [6.07, 6.45) is 0. The van der Waals surface area contributed by atoms with Crippen molar-refractivity contribution in [3.05, 3.63) is 64.2 Å². The van der Waals surface area contributed by atoms with Crippen LogP contribution in [0.1, 0.15) is 26.3 Å². The average Bonchev–Trinajstić information content (AvgIpc) is 2.94. The molecule has 3 aromatic rings. The molecule has 0 spiro atoms. The van der Waals surface area contributed by atoms with Crippen LogP contribution < -0.4 is 10.6 Å². The number of aromatic nitrogens is 1. The van der Waals surface area contributed by atoms with Gasteiger partial charge >= 0.3 is 5.97 Å². The van der Waals surface area contributed by atoms with Crippen LogP contribution >= 0.6 is 11.6 Å². The number of carbonyl (C=O) groups is 3. The molecule has 2 heterocycles. The Morgan fingerprint density at radius 3 is 2.74 bits per heavy atom. The third kappa shape index (κ3) is 2.98. The topological polar surface area (TPSA) is 108 Å². The summed E-state index contributed by atoms with van der Waals surface area (Å²) < 4.78 is 0. The maximum atomic E-state index is 12.3. The molecule has 3 N–H and O–H groups in total. The summed E-state index contributed by atoms with van der Waals surface area (Å²) in [5.41, 5.74) is 1.77. The lowest BCUT2D eigenvalue weighted by molar-refractivity contribution is -0.112. The van der Waals surface area contributed by atoms with E-state index in [0.717, 1.165) is 5.56 Å². The summed E-state index contributed by atoms with van der Waals surface area (Å²) in [4.78, 5) is 39.8. The number of anilines is 2. The summed E-state index contributed by atoms with van der Waals surface area (Å²) in [6.45, 7) is 0.325. The van der Waals surface area contributed by atoms with Crippen LogP contribution in [0, 0.1) is 0 Å². The first kappa shape index (κ1) is 17.0. The van der Waals surface area contributed by atoms with Crippen LogP contribution in [0.15, 0.2) is 42.5 Å². The molecular formula is C19H12ClN3O4. The Morgan fingerprint density at radius 2 is 2.00 bits per heavy atom. The van der Waals surface area contributed by atoms with Gasteiger partial charge in [-0.05, 0) is 35.9 Å². The molecule has 0 bridgehead atoms. The minimum absolute atomic E-state index is 0.0615. The van der Waals surface area contributed by atoms with Crippen molar-refractivity contribution in [3.63, 3.8) is 0 Å². The number of aromatic carboxylic acids is 1. The van der Waals surface area contributed by atoms with Gasteiger partial charge in [0.25, 0.3) is 11.7 Å². The fourth-order valence-corrected chi connectivity index (χ4v) is 3.21. The second kappa shape index (κ2) is 6.37. The molecule has 134 valence electrons. The molecule has 0 fully saturated rings. The second-order valence-electron chi connectivity index (χ2n) is 6.01. The fourth-order valence-electron chi connectivity index (χ4n) is 2.99. The zero-order valence-electron chi connectivity index (χ0n) is 13.7. The summed E-state index contributed by atoms with van der Waals surface area (Å²) in [5.74, 6) is -2.31. The van der Waals surface area contributed by atoms with Gasteiger partial charge in [-0.25, -0.2) is 9.78 Å². The molecular weight excluding hydrogens is 370 g/mol. The van der Waals surface area contributed by atoms with Crippen LogP contribution in [0.5, 0.6) is 0 Å². The van der Waals surface area contributed by atoms with Crippen molar-refractivity contribution in [1.29, 1.82) is 0 Å². The number of hydrogen-bond acceptors (Lipinski definition) is 5. The number of benzene rings is 2. The average molecular weight is 382 g/mol. The van der Waals surface area contributed by atoms with Gasteiger partial charge in [0.2, 0.25) is 0 Å². The Kier molecular flexibility index (Phi) is 4.01. The highest BCUT2D eigenvalue weighted by atomic mass is 35.5. The molecule has 2 aromatic carbocycles. The van der Waals surface area contributed by atoms with E-state index in [1.54, 1.807) is 18.2 Å². The van der Waals surface area contributed by atoms with E-state index < -0.39 is 17.7 Å². The number of Topliss-reactive ketones (excluding diaryl/α,β-unsaturated/α-hetero) is 1. The predicted octanol–water partition coefficient (Wildman–Crippen LogP) is 3.33. The normalized spacial score (nSPS) is 12.8. The third-order valence-electron chi connectivity index (χ3n) is 4.25. The highest BCUT2D eigenvalue weighted by molar-refractivity contribution is 6.54. The van der Waals surface area contributed by atoms with E-state index in [1.807, 2.05) is 6.07 Å². The maximum Gasteiger partial charge on any atom is 0.335 e. The number of fused-ring (bicyclic) bond motifs is 3. The standard InChI is InChI=1S/C19H12ClN3O4/c20-11-3-1-2-9(6-11)8-21-17-14-15(23-18(25)16(14)24)12-5-4-10(19(26)27)7-13(12)22-17/h1-7H,8H2,(H,21,22)(H,26,27)(H,23,24,25). The Balaban J connectivity index is 1.82. The predicted molar refractivity (Wildman–Crippen MR) is 100 cm³/mol. The van der Waals surface area contributed by atoms with Gasteiger partial charge < -0.3 is 15.7 Å². The summed E-state index contributed by atoms with van der Waals surface area (Å²) in [6, 6.07) is 11.5. The Hall–Kier alpha value is -3.45. The van der Waals surface area contributed by atoms with Crippen molar-refractivity contribution in [2.24, 2.45) is 0 Å². The van der Waals surface area contributed by atoms with Crippen molar-refractivity contribution in [2.45, 2.75) is 6.54 Å². The van der Waals surface area contributed by atoms with Gasteiger partial charge in [0, 0.05) is 17.0 Å². The van der Waals surface area contributed by atoms with Gasteiger partial charge in [0.15, 0.2) is 0 Å². The van der Waals surface area contributed by atoms with Crippen molar-refractivity contribution in [2.75, 3.05) is 10.6 Å². The lowest BCUT2D eigenvalue weighted by Gasteiger charge is -2.12. The van der Waals surface area contributed by atoms with E-state index in [2.05, 4.69) is 15.6 Å². The smallest absolute Gasteiger partial charge is 0.335 e. The van der Waals surface area contributed by atoms with E-state index in [0.29, 0.717) is 28.2 Å². The van der Waals surface area contributed by atoms with Crippen molar-refractivity contribution < 1.29 is 19.5 Å². The number of hydrogen-bond donors (Lipinski definition) is 3. The molecule has 7 nitrogen and oxygen atoms in total. The molecule has 0 radical (unpaired) electrons. The zero-order valence-corrected chi connectivity index (χ0v) is 14.5. The monoisotopic (exact) mass is 381 g/mol. The maximum absolute atomic E-state index is 12.3. The fraction of sp³-hybridized carbons (Fsp3) is 0.0526. The van der Waals surface area contributed by atoms with Crippen molar-refractivity contribution in [1.82, 2.24) is 4.98 Å². The number of carboxylic acids is 1. The Morgan fingerprint density at radius 1 is 1.19 bits per heavy atom. The number of halogens is 1. The van der Waals surface area contributed by atoms with Gasteiger partial charge in [0.05, 0.1) is 22.3 Å². The van der Waals surface area contributed by atoms with Crippen molar-refractivity contribution in [3.8, 4) is 0 Å². The number of amides is 1. The molecule has 0 saturated carbocycles. The lowest BCUT2D eigenvalue weighted by Crippen LogP contribution is -2.13. The van der Waals surface area contributed by atoms with Crippen LogP contribution in [0.2, 0.25) is 5.02 Å². The van der Waals surface area contributed by atoms with E-state index in [-0.39, 0.29) is 16.9 Å². The minimum Gasteiger partial charge on any atom is -0.478 e.